The molecule has 0 bridgehead atoms. The summed E-state index contributed by atoms with van der Waals surface area (Å²) >= 11 is 0. The third kappa shape index (κ3) is 2.18. The lowest BCUT2D eigenvalue weighted by atomic mass is 9.92. The van der Waals surface area contributed by atoms with Gasteiger partial charge in [-0.1, -0.05) is 0 Å². The molecule has 0 aliphatic heterocycles. The van der Waals surface area contributed by atoms with E-state index in [2.05, 4.69) is 0 Å². The molecule has 0 fully saturated rings. The lowest BCUT2D eigenvalue weighted by molar-refractivity contribution is 0.824. The van der Waals surface area contributed by atoms with Crippen molar-refractivity contribution < 1.29 is 5.48 Å². The normalized spacial score (nSPS) is 11.0. The van der Waals surface area contributed by atoms with Gasteiger partial charge in [0.25, 0.3) is 0 Å². The van der Waals surface area contributed by atoms with Gasteiger partial charge in [0.2, 0.25) is 0 Å². The van der Waals surface area contributed by atoms with Gasteiger partial charge in [0.15, 0.2) is 0 Å². The Morgan fingerprint density at radius 2 is 0.440 bits per heavy atom. The van der Waals surface area contributed by atoms with E-state index >= 15 is 0 Å². The zero-order chi connectivity index (χ0) is 17.2. The number of anilines is 6. The van der Waals surface area contributed by atoms with Gasteiger partial charge in [0.05, 0.1) is 34.1 Å². The fourth-order valence-corrected chi connectivity index (χ4v) is 3.24. The number of nitrogens with two attached hydrogens (primary N) is 6. The maximum atomic E-state index is 6.02. The molecule has 0 unspecified atom stereocenters. The molecule has 0 aromatic heterocycles. The van der Waals surface area contributed by atoms with E-state index in [1.54, 1.807) is 0 Å². The largest absolute Gasteiger partial charge is 0.412 e. The minimum absolute atomic E-state index is 0. The summed E-state index contributed by atoms with van der Waals surface area (Å²) in [6.07, 6.45) is 0. The van der Waals surface area contributed by atoms with Crippen molar-refractivity contribution in [3.05, 3.63) is 36.4 Å². The van der Waals surface area contributed by atoms with Gasteiger partial charge in [-0.05, 0) is 68.7 Å². The van der Waals surface area contributed by atoms with Crippen molar-refractivity contribution in [2.24, 2.45) is 0 Å². The molecule has 0 atom stereocenters. The molecule has 0 amide bonds. The monoisotopic (exact) mass is 336 g/mol. The van der Waals surface area contributed by atoms with Crippen LogP contribution in [0.25, 0.3) is 32.3 Å². The highest BCUT2D eigenvalue weighted by Gasteiger charge is 2.13. The highest BCUT2D eigenvalue weighted by Crippen LogP contribution is 2.41. The number of hydrogen-bond donors (Lipinski definition) is 6. The zero-order valence-electron chi connectivity index (χ0n) is 13.4. The van der Waals surface area contributed by atoms with Crippen molar-refractivity contribution in [2.45, 2.75) is 0 Å². The average molecular weight is 336 g/mol. The van der Waals surface area contributed by atoms with Crippen molar-refractivity contribution in [1.29, 1.82) is 0 Å². The Bertz CT molecular complexity index is 902. The topological polar surface area (TPSA) is 188 Å². The van der Waals surface area contributed by atoms with E-state index in [4.69, 9.17) is 34.4 Å². The van der Waals surface area contributed by atoms with Crippen LogP contribution in [-0.4, -0.2) is 5.48 Å². The van der Waals surface area contributed by atoms with Crippen LogP contribution < -0.4 is 34.4 Å². The first-order valence-electron chi connectivity index (χ1n) is 7.45. The molecule has 4 aromatic carbocycles. The number of benzene rings is 4. The molecule has 0 saturated heterocycles. The van der Waals surface area contributed by atoms with E-state index in [1.807, 2.05) is 36.4 Å². The Labute approximate surface area is 143 Å². The highest BCUT2D eigenvalue weighted by atomic mass is 16.0. The minimum atomic E-state index is 0. The van der Waals surface area contributed by atoms with Crippen LogP contribution in [0.1, 0.15) is 0 Å². The number of rotatable bonds is 0. The van der Waals surface area contributed by atoms with Crippen LogP contribution in [0.3, 0.4) is 0 Å². The molecular weight excluding hydrogens is 316 g/mol. The predicted octanol–water partition coefficient (Wildman–Crippen LogP) is 1.81. The SMILES string of the molecule is Nc1cc2c3cc(N)c(N)cc3c3cc(N)c(N)cc3c2cc1N.O. The van der Waals surface area contributed by atoms with Crippen LogP contribution in [0.2, 0.25) is 0 Å². The van der Waals surface area contributed by atoms with E-state index in [0.717, 1.165) is 32.3 Å². The quantitative estimate of drug-likeness (QED) is 0.210. The Morgan fingerprint density at radius 1 is 0.320 bits per heavy atom. The van der Waals surface area contributed by atoms with Crippen LogP contribution >= 0.6 is 0 Å². The van der Waals surface area contributed by atoms with E-state index < -0.39 is 0 Å². The third-order valence-corrected chi connectivity index (χ3v) is 4.54. The Morgan fingerprint density at radius 3 is 0.560 bits per heavy atom. The van der Waals surface area contributed by atoms with Gasteiger partial charge in [0, 0.05) is 0 Å². The molecule has 0 radical (unpaired) electrons. The molecule has 7 heteroatoms. The van der Waals surface area contributed by atoms with Gasteiger partial charge in [-0.3, -0.25) is 0 Å². The van der Waals surface area contributed by atoms with Crippen LogP contribution in [0.15, 0.2) is 36.4 Å². The average Bonchev–Trinajstić information content (AvgIpc) is 2.53. The van der Waals surface area contributed by atoms with Gasteiger partial charge in [-0.15, -0.1) is 0 Å². The van der Waals surface area contributed by atoms with Gasteiger partial charge < -0.3 is 39.9 Å². The molecule has 0 spiro atoms. The van der Waals surface area contributed by atoms with Crippen LogP contribution in [0.4, 0.5) is 34.1 Å². The summed E-state index contributed by atoms with van der Waals surface area (Å²) in [4.78, 5) is 0. The van der Waals surface area contributed by atoms with Crippen molar-refractivity contribution >= 4 is 66.4 Å². The van der Waals surface area contributed by atoms with E-state index in [-0.39, 0.29) is 5.48 Å². The van der Waals surface area contributed by atoms with Crippen molar-refractivity contribution in [3.63, 3.8) is 0 Å². The number of fused-ring (bicyclic) bond motifs is 6. The first-order chi connectivity index (χ1) is 11.4. The molecule has 128 valence electrons. The van der Waals surface area contributed by atoms with Crippen LogP contribution in [-0.2, 0) is 0 Å². The second kappa shape index (κ2) is 5.22. The summed E-state index contributed by atoms with van der Waals surface area (Å²) < 4.78 is 0. The first-order valence-corrected chi connectivity index (χ1v) is 7.45. The summed E-state index contributed by atoms with van der Waals surface area (Å²) in [5, 5.41) is 5.67. The summed E-state index contributed by atoms with van der Waals surface area (Å²) in [6, 6.07) is 11.1. The molecule has 4 aromatic rings. The fourth-order valence-electron chi connectivity index (χ4n) is 3.24. The molecule has 0 heterocycles. The smallest absolute Gasteiger partial charge is 0.0554 e. The van der Waals surface area contributed by atoms with Crippen LogP contribution in [0.5, 0.6) is 0 Å². The van der Waals surface area contributed by atoms with Gasteiger partial charge in [0.1, 0.15) is 0 Å². The van der Waals surface area contributed by atoms with E-state index in [9.17, 15) is 0 Å². The van der Waals surface area contributed by atoms with Crippen molar-refractivity contribution in [3.8, 4) is 0 Å². The molecule has 25 heavy (non-hydrogen) atoms. The predicted molar refractivity (Wildman–Crippen MR) is 109 cm³/mol. The second-order valence-electron chi connectivity index (χ2n) is 6.08. The van der Waals surface area contributed by atoms with Gasteiger partial charge in [-0.2, -0.15) is 0 Å². The Balaban J connectivity index is 0.00000182. The first kappa shape index (κ1) is 16.3. The zero-order valence-corrected chi connectivity index (χ0v) is 13.4. The van der Waals surface area contributed by atoms with E-state index in [1.165, 1.54) is 0 Å². The summed E-state index contributed by atoms with van der Waals surface area (Å²) in [7, 11) is 0. The second-order valence-corrected chi connectivity index (χ2v) is 6.08. The lowest BCUT2D eigenvalue weighted by Crippen LogP contribution is -1.99. The molecule has 4 rings (SSSR count). The number of hydrogen-bond acceptors (Lipinski definition) is 6. The third-order valence-electron chi connectivity index (χ3n) is 4.54. The van der Waals surface area contributed by atoms with Crippen molar-refractivity contribution in [2.75, 3.05) is 34.4 Å². The molecular formula is C18H20N6O. The summed E-state index contributed by atoms with van der Waals surface area (Å²) in [5.74, 6) is 0. The molecule has 14 N–H and O–H groups in total. The maximum absolute atomic E-state index is 6.02. The molecule has 0 aliphatic rings. The number of nitrogen functional groups attached to an aromatic ring is 6. The fraction of sp³-hybridized carbons (Fsp3) is 0. The van der Waals surface area contributed by atoms with E-state index in [0.29, 0.717) is 34.1 Å². The van der Waals surface area contributed by atoms with Crippen molar-refractivity contribution in [1.82, 2.24) is 0 Å². The summed E-state index contributed by atoms with van der Waals surface area (Å²) in [5.41, 5.74) is 39.2. The summed E-state index contributed by atoms with van der Waals surface area (Å²) in [6.45, 7) is 0. The molecule has 7 nitrogen and oxygen atoms in total. The van der Waals surface area contributed by atoms with Gasteiger partial charge >= 0.3 is 0 Å². The highest BCUT2D eigenvalue weighted by molar-refractivity contribution is 6.28. The van der Waals surface area contributed by atoms with Crippen LogP contribution in [0, 0.1) is 0 Å². The molecule has 0 saturated carbocycles. The Kier molecular flexibility index (Phi) is 3.40. The molecule has 0 aliphatic carbocycles. The maximum Gasteiger partial charge on any atom is 0.0554 e. The minimum Gasteiger partial charge on any atom is -0.412 e. The van der Waals surface area contributed by atoms with Gasteiger partial charge in [-0.25, -0.2) is 0 Å². The standard InChI is InChI=1S/C18H18N6.H2O/c19-13-1-7-8(2-14(13)20)10-4-17(23)18(24)6-12(10)11-5-16(22)15(21)3-9(7)11;/h1-6H,19-24H2;1H2. The lowest BCUT2D eigenvalue weighted by Gasteiger charge is -2.15. The Hall–Kier alpha value is -3.58.